The maximum absolute atomic E-state index is 12.9. The van der Waals surface area contributed by atoms with Gasteiger partial charge in [0.15, 0.2) is 0 Å². The first kappa shape index (κ1) is 22.2. The number of nitrogens with zero attached hydrogens (tertiary/aromatic N) is 2. The summed E-state index contributed by atoms with van der Waals surface area (Å²) < 4.78 is 18.7. The Morgan fingerprint density at radius 2 is 1.72 bits per heavy atom. The van der Waals surface area contributed by atoms with Gasteiger partial charge in [0.25, 0.3) is 0 Å². The molecule has 0 unspecified atom stereocenters. The van der Waals surface area contributed by atoms with Crippen molar-refractivity contribution in [1.29, 1.82) is 5.26 Å². The fourth-order valence-electron chi connectivity index (χ4n) is 2.73. The van der Waals surface area contributed by atoms with E-state index in [1.54, 1.807) is 36.4 Å². The number of para-hydroxylation sites is 1. The minimum absolute atomic E-state index is 0.199. The molecule has 0 aliphatic rings. The van der Waals surface area contributed by atoms with Gasteiger partial charge in [0.1, 0.15) is 24.6 Å². The van der Waals surface area contributed by atoms with Gasteiger partial charge >= 0.3 is 0 Å². The van der Waals surface area contributed by atoms with Gasteiger partial charge in [0, 0.05) is 16.8 Å². The van der Waals surface area contributed by atoms with Crippen LogP contribution in [-0.2, 0) is 16.2 Å². The van der Waals surface area contributed by atoms with Crippen LogP contribution < -0.4 is 15.5 Å². The zero-order chi connectivity index (χ0) is 22.8. The van der Waals surface area contributed by atoms with Crippen molar-refractivity contribution in [3.05, 3.63) is 95.3 Å². The van der Waals surface area contributed by atoms with Crippen LogP contribution in [0.4, 0.5) is 10.1 Å². The lowest BCUT2D eigenvalue weighted by atomic mass is 10.1. The van der Waals surface area contributed by atoms with Crippen molar-refractivity contribution >= 4 is 23.7 Å². The molecule has 0 aromatic heterocycles. The zero-order valence-corrected chi connectivity index (χ0v) is 16.9. The number of amides is 2. The van der Waals surface area contributed by atoms with E-state index < -0.39 is 24.1 Å². The van der Waals surface area contributed by atoms with Crippen molar-refractivity contribution in [3.63, 3.8) is 0 Å². The van der Waals surface area contributed by atoms with E-state index in [4.69, 9.17) is 4.74 Å². The Morgan fingerprint density at radius 3 is 2.50 bits per heavy atom. The van der Waals surface area contributed by atoms with Crippen LogP contribution in [-0.4, -0.2) is 18.0 Å². The van der Waals surface area contributed by atoms with Crippen LogP contribution in [0.1, 0.15) is 23.1 Å². The van der Waals surface area contributed by atoms with Gasteiger partial charge in [-0.05, 0) is 42.5 Å². The summed E-state index contributed by atoms with van der Waals surface area (Å²) in [6.45, 7) is 0.199. The van der Waals surface area contributed by atoms with Crippen molar-refractivity contribution < 1.29 is 18.7 Å². The fourth-order valence-corrected chi connectivity index (χ4v) is 2.73. The number of hydrogen-bond acceptors (Lipinski definition) is 5. The Morgan fingerprint density at radius 1 is 1.00 bits per heavy atom. The van der Waals surface area contributed by atoms with Gasteiger partial charge in [-0.2, -0.15) is 10.4 Å². The predicted octanol–water partition coefficient (Wildman–Crippen LogP) is 3.76. The van der Waals surface area contributed by atoms with Crippen LogP contribution >= 0.6 is 0 Å². The lowest BCUT2D eigenvalue weighted by Gasteiger charge is -2.10. The second-order valence-electron chi connectivity index (χ2n) is 6.62. The second kappa shape index (κ2) is 11.0. The zero-order valence-electron chi connectivity index (χ0n) is 16.9. The molecule has 2 N–H and O–H groups in total. The highest BCUT2D eigenvalue weighted by Gasteiger charge is 2.09. The maximum atomic E-state index is 12.9. The van der Waals surface area contributed by atoms with E-state index in [1.807, 2.05) is 12.1 Å². The van der Waals surface area contributed by atoms with E-state index in [1.165, 1.54) is 30.5 Å². The number of hydrazone groups is 1. The third-order valence-corrected chi connectivity index (χ3v) is 4.28. The first-order valence-electron chi connectivity index (χ1n) is 9.62. The summed E-state index contributed by atoms with van der Waals surface area (Å²) in [5.74, 6) is -1.06. The highest BCUT2D eigenvalue weighted by molar-refractivity contribution is 6.03. The minimum atomic E-state index is -0.609. The first-order chi connectivity index (χ1) is 15.5. The summed E-state index contributed by atoms with van der Waals surface area (Å²) in [5.41, 5.74) is 4.57. The average molecular weight is 430 g/mol. The molecule has 7 nitrogen and oxygen atoms in total. The van der Waals surface area contributed by atoms with E-state index in [0.29, 0.717) is 22.6 Å². The fraction of sp³-hybridized carbons (Fsp3) is 0.0833. The molecule has 0 heterocycles. The summed E-state index contributed by atoms with van der Waals surface area (Å²) in [7, 11) is 0. The van der Waals surface area contributed by atoms with Gasteiger partial charge in [-0.3, -0.25) is 9.59 Å². The molecule has 0 bridgehead atoms. The highest BCUT2D eigenvalue weighted by atomic mass is 19.1. The lowest BCUT2D eigenvalue weighted by molar-refractivity contribution is -0.126. The topological polar surface area (TPSA) is 104 Å². The molecule has 0 aliphatic heterocycles. The van der Waals surface area contributed by atoms with Crippen molar-refractivity contribution in [2.24, 2.45) is 5.10 Å². The molecule has 3 aromatic rings. The van der Waals surface area contributed by atoms with Gasteiger partial charge in [0.2, 0.25) is 11.8 Å². The molecule has 2 amide bonds. The minimum Gasteiger partial charge on any atom is -0.488 e. The largest absolute Gasteiger partial charge is 0.488 e. The molecule has 160 valence electrons. The number of carbonyl (C=O) groups excluding carboxylic acids is 2. The predicted molar refractivity (Wildman–Crippen MR) is 117 cm³/mol. The number of rotatable bonds is 8. The quantitative estimate of drug-likeness (QED) is 0.323. The van der Waals surface area contributed by atoms with Gasteiger partial charge in [-0.25, -0.2) is 9.82 Å². The van der Waals surface area contributed by atoms with Gasteiger partial charge in [-0.15, -0.1) is 0 Å². The maximum Gasteiger partial charge on any atom is 0.249 e. The van der Waals surface area contributed by atoms with Crippen LogP contribution in [0.5, 0.6) is 5.75 Å². The van der Waals surface area contributed by atoms with Gasteiger partial charge in [-0.1, -0.05) is 30.3 Å². The summed E-state index contributed by atoms with van der Waals surface area (Å²) in [4.78, 5) is 23.9. The van der Waals surface area contributed by atoms with Crippen LogP contribution in [0.15, 0.2) is 77.9 Å². The SMILES string of the molecule is N#Cc1ccccc1COc1ccccc1C=NNC(=O)CC(=O)Nc1ccc(F)cc1. The van der Waals surface area contributed by atoms with E-state index in [9.17, 15) is 19.2 Å². The molecule has 0 radical (unpaired) electrons. The van der Waals surface area contributed by atoms with Crippen LogP contribution in [0, 0.1) is 17.1 Å². The summed E-state index contributed by atoms with van der Waals surface area (Å²) in [6, 6.07) is 21.5. The van der Waals surface area contributed by atoms with Crippen molar-refractivity contribution in [1.82, 2.24) is 5.43 Å². The first-order valence-corrected chi connectivity index (χ1v) is 9.62. The van der Waals surface area contributed by atoms with Crippen molar-refractivity contribution in [2.75, 3.05) is 5.32 Å². The number of benzene rings is 3. The number of nitrogens with one attached hydrogen (secondary N) is 2. The number of nitriles is 1. The molecule has 0 aliphatic carbocycles. The highest BCUT2D eigenvalue weighted by Crippen LogP contribution is 2.18. The Hall–Kier alpha value is -4.51. The number of carbonyl (C=O) groups is 2. The lowest BCUT2D eigenvalue weighted by Crippen LogP contribution is -2.24. The molecule has 0 saturated carbocycles. The summed E-state index contributed by atoms with van der Waals surface area (Å²) >= 11 is 0. The number of ether oxygens (including phenoxy) is 1. The monoisotopic (exact) mass is 430 g/mol. The summed E-state index contributed by atoms with van der Waals surface area (Å²) in [5, 5.41) is 15.6. The second-order valence-corrected chi connectivity index (χ2v) is 6.62. The van der Waals surface area contributed by atoms with Gasteiger partial charge in [0.05, 0.1) is 17.8 Å². The van der Waals surface area contributed by atoms with Crippen molar-refractivity contribution in [2.45, 2.75) is 13.0 Å². The van der Waals surface area contributed by atoms with E-state index in [2.05, 4.69) is 21.9 Å². The normalized spacial score (nSPS) is 10.4. The van der Waals surface area contributed by atoms with Crippen LogP contribution in [0.3, 0.4) is 0 Å². The van der Waals surface area contributed by atoms with E-state index >= 15 is 0 Å². The third-order valence-electron chi connectivity index (χ3n) is 4.28. The molecular weight excluding hydrogens is 411 g/mol. The molecule has 32 heavy (non-hydrogen) atoms. The van der Waals surface area contributed by atoms with Gasteiger partial charge < -0.3 is 10.1 Å². The van der Waals surface area contributed by atoms with Crippen LogP contribution in [0.25, 0.3) is 0 Å². The molecule has 8 heteroatoms. The Balaban J connectivity index is 1.54. The molecule has 3 aromatic carbocycles. The Kier molecular flexibility index (Phi) is 7.65. The molecule has 3 rings (SSSR count). The molecular formula is C24H19FN4O3. The molecule has 0 saturated heterocycles. The van der Waals surface area contributed by atoms with Crippen LogP contribution in [0.2, 0.25) is 0 Å². The standard InChI is InChI=1S/C24H19FN4O3/c25-20-9-11-21(12-10-20)28-23(30)13-24(31)29-27-15-18-6-3-4-8-22(18)32-16-19-7-2-1-5-17(19)14-26/h1-12,15H,13,16H2,(H,28,30)(H,29,31). The number of anilines is 1. The smallest absolute Gasteiger partial charge is 0.249 e. The Bertz CT molecular complexity index is 1170. The average Bonchev–Trinajstić information content (AvgIpc) is 2.80. The molecule has 0 spiro atoms. The summed E-state index contributed by atoms with van der Waals surface area (Å²) in [6.07, 6.45) is 0.957. The van der Waals surface area contributed by atoms with E-state index in [-0.39, 0.29) is 6.61 Å². The molecule has 0 fully saturated rings. The number of hydrogen-bond donors (Lipinski definition) is 2. The van der Waals surface area contributed by atoms with Crippen molar-refractivity contribution in [3.8, 4) is 11.8 Å². The van der Waals surface area contributed by atoms with E-state index in [0.717, 1.165) is 5.56 Å². The molecule has 0 atom stereocenters. The Labute approximate surface area is 184 Å². The third kappa shape index (κ3) is 6.50. The number of halogens is 1.